The van der Waals surface area contributed by atoms with Gasteiger partial charge in [0.05, 0.1) is 10.2 Å². The Balaban J connectivity index is 1.94. The first-order chi connectivity index (χ1) is 11.4. The molecule has 0 fully saturated rings. The summed E-state index contributed by atoms with van der Waals surface area (Å²) in [5.41, 5.74) is -1.78. The van der Waals surface area contributed by atoms with Gasteiger partial charge in [0.2, 0.25) is 5.60 Å². The Morgan fingerprint density at radius 2 is 1.67 bits per heavy atom. The van der Waals surface area contributed by atoms with Crippen LogP contribution in [0.2, 0.25) is 0 Å². The number of rotatable bonds is 4. The van der Waals surface area contributed by atoms with Gasteiger partial charge in [-0.2, -0.15) is 13.2 Å². The predicted molar refractivity (Wildman–Crippen MR) is 89.7 cm³/mol. The van der Waals surface area contributed by atoms with Crippen LogP contribution in [-0.4, -0.2) is 16.3 Å². The number of hydrogen-bond acceptors (Lipinski definition) is 3. The van der Waals surface area contributed by atoms with Crippen molar-refractivity contribution in [2.45, 2.75) is 18.2 Å². The molecule has 0 saturated carbocycles. The Bertz CT molecular complexity index is 824. The second kappa shape index (κ2) is 6.37. The van der Waals surface area contributed by atoms with Crippen molar-refractivity contribution in [2.75, 3.05) is 0 Å². The first kappa shape index (κ1) is 16.7. The second-order valence-electron chi connectivity index (χ2n) is 5.36. The summed E-state index contributed by atoms with van der Waals surface area (Å²) >= 11 is 0.862. The maximum Gasteiger partial charge on any atom is 0.424 e. The van der Waals surface area contributed by atoms with Gasteiger partial charge in [-0.15, -0.1) is 11.3 Å². The van der Waals surface area contributed by atoms with Crippen molar-refractivity contribution in [1.29, 1.82) is 0 Å². The number of hydrogen-bond donors (Lipinski definition) is 1. The fourth-order valence-electron chi connectivity index (χ4n) is 2.30. The summed E-state index contributed by atoms with van der Waals surface area (Å²) < 4.78 is 41.2. The van der Waals surface area contributed by atoms with Crippen molar-refractivity contribution in [3.63, 3.8) is 0 Å². The maximum atomic E-state index is 13.5. The molecule has 1 atom stereocenters. The number of nitrogens with zero attached hydrogens (tertiary/aromatic N) is 1. The van der Waals surface area contributed by atoms with Crippen molar-refractivity contribution in [1.82, 2.24) is 4.98 Å². The Labute approximate surface area is 140 Å². The molecule has 0 aliphatic rings. The number of benzene rings is 2. The number of para-hydroxylation sites is 1. The van der Waals surface area contributed by atoms with Crippen LogP contribution in [0.3, 0.4) is 0 Å². The molecule has 6 heteroatoms. The van der Waals surface area contributed by atoms with E-state index in [1.54, 1.807) is 54.6 Å². The first-order valence-corrected chi connectivity index (χ1v) is 8.08. The van der Waals surface area contributed by atoms with Crippen LogP contribution in [0.5, 0.6) is 0 Å². The van der Waals surface area contributed by atoms with E-state index < -0.39 is 18.2 Å². The van der Waals surface area contributed by atoms with Crippen molar-refractivity contribution < 1.29 is 18.3 Å². The zero-order valence-electron chi connectivity index (χ0n) is 12.5. The van der Waals surface area contributed by atoms with Crippen LogP contribution in [0.4, 0.5) is 13.2 Å². The van der Waals surface area contributed by atoms with Crippen LogP contribution in [-0.2, 0) is 5.60 Å². The number of alkyl halides is 3. The quantitative estimate of drug-likeness (QED) is 0.707. The third-order valence-corrected chi connectivity index (χ3v) is 4.83. The molecule has 124 valence electrons. The molecule has 0 amide bonds. The van der Waals surface area contributed by atoms with Gasteiger partial charge in [-0.1, -0.05) is 54.6 Å². The zero-order chi connectivity index (χ0) is 17.2. The van der Waals surface area contributed by atoms with Gasteiger partial charge in [0, 0.05) is 6.42 Å². The van der Waals surface area contributed by atoms with Gasteiger partial charge in [-0.25, -0.2) is 4.98 Å². The SMILES string of the molecule is OC(C/C=C\c1ccccc1)(c1nc2ccccc2s1)C(F)(F)F. The molecule has 2 nitrogen and oxygen atoms in total. The molecule has 2 aromatic carbocycles. The zero-order valence-corrected chi connectivity index (χ0v) is 13.3. The van der Waals surface area contributed by atoms with E-state index in [1.165, 1.54) is 6.08 Å². The molecule has 24 heavy (non-hydrogen) atoms. The van der Waals surface area contributed by atoms with Gasteiger partial charge in [0.15, 0.2) is 0 Å². The topological polar surface area (TPSA) is 33.1 Å². The number of fused-ring (bicyclic) bond motifs is 1. The van der Waals surface area contributed by atoms with Crippen LogP contribution < -0.4 is 0 Å². The summed E-state index contributed by atoms with van der Waals surface area (Å²) in [7, 11) is 0. The van der Waals surface area contributed by atoms with Crippen molar-refractivity contribution in [3.8, 4) is 0 Å². The maximum absolute atomic E-state index is 13.5. The van der Waals surface area contributed by atoms with Crippen LogP contribution >= 0.6 is 11.3 Å². The standard InChI is InChI=1S/C18H14F3NOS/c19-18(20,21)17(23,12-6-9-13-7-2-1-3-8-13)16-22-14-10-4-5-11-15(14)24-16/h1-11,23H,12H2/b9-6-. The molecular weight excluding hydrogens is 335 g/mol. The van der Waals surface area contributed by atoms with Crippen molar-refractivity contribution in [3.05, 3.63) is 71.2 Å². The van der Waals surface area contributed by atoms with E-state index in [9.17, 15) is 18.3 Å². The Morgan fingerprint density at radius 3 is 2.33 bits per heavy atom. The highest BCUT2D eigenvalue weighted by molar-refractivity contribution is 7.18. The molecule has 0 saturated heterocycles. The van der Waals surface area contributed by atoms with E-state index in [4.69, 9.17) is 0 Å². The molecule has 1 aromatic heterocycles. The van der Waals surface area contributed by atoms with Gasteiger partial charge < -0.3 is 5.11 Å². The molecule has 3 aromatic rings. The number of thiazole rings is 1. The highest BCUT2D eigenvalue weighted by atomic mass is 32.1. The lowest BCUT2D eigenvalue weighted by Gasteiger charge is -2.27. The minimum atomic E-state index is -4.82. The first-order valence-electron chi connectivity index (χ1n) is 7.27. The number of aliphatic hydroxyl groups is 1. The molecule has 0 spiro atoms. The van der Waals surface area contributed by atoms with Crippen LogP contribution in [0.1, 0.15) is 17.0 Å². The van der Waals surface area contributed by atoms with E-state index in [2.05, 4.69) is 4.98 Å². The van der Waals surface area contributed by atoms with Gasteiger partial charge in [0.1, 0.15) is 5.01 Å². The smallest absolute Gasteiger partial charge is 0.374 e. The summed E-state index contributed by atoms with van der Waals surface area (Å²) in [6.45, 7) is 0. The van der Waals surface area contributed by atoms with Gasteiger partial charge in [-0.05, 0) is 17.7 Å². The molecule has 0 aliphatic carbocycles. The minimum Gasteiger partial charge on any atom is -0.374 e. The fourth-order valence-corrected chi connectivity index (χ4v) is 3.39. The third kappa shape index (κ3) is 3.20. The monoisotopic (exact) mass is 349 g/mol. The Morgan fingerprint density at radius 1 is 1.00 bits per heavy atom. The summed E-state index contributed by atoms with van der Waals surface area (Å²) in [6, 6.07) is 15.7. The van der Waals surface area contributed by atoms with E-state index in [1.807, 2.05) is 6.07 Å². The molecule has 0 aliphatic heterocycles. The lowest BCUT2D eigenvalue weighted by atomic mass is 9.99. The number of halogens is 3. The fraction of sp³-hybridized carbons (Fsp3) is 0.167. The Kier molecular flexibility index (Phi) is 4.43. The van der Waals surface area contributed by atoms with Gasteiger partial charge in [-0.3, -0.25) is 0 Å². The van der Waals surface area contributed by atoms with Gasteiger partial charge >= 0.3 is 6.18 Å². The molecule has 3 rings (SSSR count). The highest BCUT2D eigenvalue weighted by Crippen LogP contribution is 2.44. The molecule has 1 unspecified atom stereocenters. The minimum absolute atomic E-state index is 0.339. The average Bonchev–Trinajstić information content (AvgIpc) is 2.99. The normalized spacial score (nSPS) is 15.0. The number of aromatic nitrogens is 1. The van der Waals surface area contributed by atoms with E-state index in [-0.39, 0.29) is 5.01 Å². The molecule has 0 radical (unpaired) electrons. The van der Waals surface area contributed by atoms with Crippen LogP contribution in [0.15, 0.2) is 60.7 Å². The third-order valence-electron chi connectivity index (χ3n) is 3.64. The van der Waals surface area contributed by atoms with E-state index in [0.717, 1.165) is 16.9 Å². The highest BCUT2D eigenvalue weighted by Gasteiger charge is 2.56. The van der Waals surface area contributed by atoms with Crippen molar-refractivity contribution in [2.24, 2.45) is 0 Å². The molecular formula is C18H14F3NOS. The van der Waals surface area contributed by atoms with Gasteiger partial charge in [0.25, 0.3) is 0 Å². The predicted octanol–water partition coefficient (Wildman–Crippen LogP) is 5.15. The Hall–Kier alpha value is -2.18. The summed E-state index contributed by atoms with van der Waals surface area (Å²) in [6.07, 6.45) is -2.52. The lowest BCUT2D eigenvalue weighted by molar-refractivity contribution is -0.265. The lowest BCUT2D eigenvalue weighted by Crippen LogP contribution is -2.41. The summed E-state index contributed by atoms with van der Waals surface area (Å²) in [5.74, 6) is 0. The summed E-state index contributed by atoms with van der Waals surface area (Å²) in [5, 5.41) is 10.0. The molecule has 1 heterocycles. The largest absolute Gasteiger partial charge is 0.424 e. The van der Waals surface area contributed by atoms with E-state index in [0.29, 0.717) is 10.2 Å². The molecule has 0 bridgehead atoms. The van der Waals surface area contributed by atoms with Crippen molar-refractivity contribution >= 4 is 27.6 Å². The molecule has 1 N–H and O–H groups in total. The van der Waals surface area contributed by atoms with E-state index >= 15 is 0 Å². The summed E-state index contributed by atoms with van der Waals surface area (Å²) in [4.78, 5) is 3.99. The van der Waals surface area contributed by atoms with Crippen LogP contribution in [0, 0.1) is 0 Å². The second-order valence-corrected chi connectivity index (χ2v) is 6.39. The van der Waals surface area contributed by atoms with Crippen LogP contribution in [0.25, 0.3) is 16.3 Å². The average molecular weight is 349 g/mol.